The molecule has 1 N–H and O–H groups in total. The van der Waals surface area contributed by atoms with Gasteiger partial charge in [0.25, 0.3) is 10.0 Å². The highest BCUT2D eigenvalue weighted by Gasteiger charge is 2.23. The van der Waals surface area contributed by atoms with Crippen LogP contribution in [0, 0.1) is 11.6 Å². The molecule has 5 rings (SSSR count). The minimum Gasteiger partial charge on any atom is -0.353 e. The summed E-state index contributed by atoms with van der Waals surface area (Å²) in [5.74, 6) is -0.913. The number of rotatable bonds is 7. The van der Waals surface area contributed by atoms with Crippen LogP contribution >= 0.6 is 11.5 Å². The van der Waals surface area contributed by atoms with Gasteiger partial charge in [0.2, 0.25) is 0 Å². The van der Waals surface area contributed by atoms with Crippen molar-refractivity contribution in [1.82, 2.24) is 9.27 Å². The quantitative estimate of drug-likeness (QED) is 0.386. The third-order valence-corrected chi connectivity index (χ3v) is 8.39. The predicted octanol–water partition coefficient (Wildman–Crippen LogP) is 4.74. The second-order valence-electron chi connectivity index (χ2n) is 8.42. The molecule has 0 spiro atoms. The van der Waals surface area contributed by atoms with Crippen LogP contribution in [0.25, 0.3) is 10.1 Å². The third-order valence-electron chi connectivity index (χ3n) is 6.17. The standard InChI is InChI=1S/C25H24F2N4O2S2/c26-19-9-10-24(21(27)17-19)35(32,33)29-22-7-3-1-5-18(22)11-12-30-13-15-31(16-14-30)25-20-6-2-4-8-23(20)34-28-25/h1-10,17,29H,11-16H2. The van der Waals surface area contributed by atoms with Gasteiger partial charge in [-0.2, -0.15) is 4.37 Å². The molecule has 1 aromatic heterocycles. The van der Waals surface area contributed by atoms with E-state index in [1.54, 1.807) is 12.1 Å². The first kappa shape index (κ1) is 23.7. The number of fused-ring (bicyclic) bond motifs is 1. The van der Waals surface area contributed by atoms with Crippen molar-refractivity contribution in [2.45, 2.75) is 11.3 Å². The highest BCUT2D eigenvalue weighted by atomic mass is 32.2. The summed E-state index contributed by atoms with van der Waals surface area (Å²) in [5, 5.41) is 1.18. The molecule has 1 fully saturated rings. The van der Waals surface area contributed by atoms with E-state index in [1.165, 1.54) is 21.6 Å². The summed E-state index contributed by atoms with van der Waals surface area (Å²) in [5.41, 5.74) is 1.20. The summed E-state index contributed by atoms with van der Waals surface area (Å²) < 4.78 is 61.1. The van der Waals surface area contributed by atoms with Gasteiger partial charge in [0, 0.05) is 44.2 Å². The van der Waals surface area contributed by atoms with Crippen LogP contribution in [0.2, 0.25) is 0 Å². The van der Waals surface area contributed by atoms with E-state index >= 15 is 0 Å². The molecule has 0 saturated carbocycles. The largest absolute Gasteiger partial charge is 0.353 e. The fraction of sp³-hybridized carbons (Fsp3) is 0.240. The molecule has 2 heterocycles. The number of hydrogen-bond acceptors (Lipinski definition) is 6. The van der Waals surface area contributed by atoms with Crippen LogP contribution in [-0.2, 0) is 16.4 Å². The minimum atomic E-state index is -4.19. The Kier molecular flexibility index (Phi) is 6.68. The predicted molar refractivity (Wildman–Crippen MR) is 136 cm³/mol. The smallest absolute Gasteiger partial charge is 0.264 e. The lowest BCUT2D eigenvalue weighted by Crippen LogP contribution is -2.47. The molecule has 0 amide bonds. The molecular formula is C25H24F2N4O2S2. The van der Waals surface area contributed by atoms with E-state index in [0.717, 1.165) is 56.2 Å². The van der Waals surface area contributed by atoms with Crippen LogP contribution in [0.3, 0.4) is 0 Å². The summed E-state index contributed by atoms with van der Waals surface area (Å²) in [4.78, 5) is 4.07. The third kappa shape index (κ3) is 5.14. The Bertz CT molecular complexity index is 1450. The monoisotopic (exact) mass is 514 g/mol. The number of halogens is 2. The fourth-order valence-electron chi connectivity index (χ4n) is 4.29. The molecule has 0 unspecified atom stereocenters. The molecule has 1 aliphatic rings. The van der Waals surface area contributed by atoms with E-state index in [1.807, 2.05) is 24.3 Å². The number of para-hydroxylation sites is 1. The first-order valence-corrected chi connectivity index (χ1v) is 13.5. The van der Waals surface area contributed by atoms with Crippen molar-refractivity contribution in [3.8, 4) is 0 Å². The maximum absolute atomic E-state index is 14.1. The maximum atomic E-state index is 14.1. The van der Waals surface area contributed by atoms with Gasteiger partial charge < -0.3 is 4.90 Å². The molecule has 0 radical (unpaired) electrons. The van der Waals surface area contributed by atoms with Crippen LogP contribution in [-0.4, -0.2) is 50.4 Å². The zero-order valence-corrected chi connectivity index (χ0v) is 20.5. The Labute approximate surface area is 207 Å². The van der Waals surface area contributed by atoms with Crippen LogP contribution in [0.15, 0.2) is 71.6 Å². The number of nitrogens with zero attached hydrogens (tertiary/aromatic N) is 3. The highest BCUT2D eigenvalue weighted by Crippen LogP contribution is 2.30. The van der Waals surface area contributed by atoms with Gasteiger partial charge in [0.05, 0.1) is 10.4 Å². The first-order valence-electron chi connectivity index (χ1n) is 11.3. The molecule has 1 saturated heterocycles. The number of anilines is 2. The van der Waals surface area contributed by atoms with Crippen molar-refractivity contribution >= 4 is 43.1 Å². The highest BCUT2D eigenvalue weighted by molar-refractivity contribution is 7.92. The topological polar surface area (TPSA) is 65.5 Å². The SMILES string of the molecule is O=S(=O)(Nc1ccccc1CCN1CCN(c2nsc3ccccc23)CC1)c1ccc(F)cc1F. The maximum Gasteiger partial charge on any atom is 0.264 e. The van der Waals surface area contributed by atoms with E-state index < -0.39 is 26.6 Å². The molecular weight excluding hydrogens is 490 g/mol. The van der Waals surface area contributed by atoms with Gasteiger partial charge in [0.1, 0.15) is 22.3 Å². The Hall–Kier alpha value is -3.08. The molecule has 0 bridgehead atoms. The van der Waals surface area contributed by atoms with E-state index in [2.05, 4.69) is 31.0 Å². The van der Waals surface area contributed by atoms with E-state index in [0.29, 0.717) is 18.2 Å². The van der Waals surface area contributed by atoms with Gasteiger partial charge in [-0.05, 0) is 53.8 Å². The molecule has 4 aromatic rings. The molecule has 35 heavy (non-hydrogen) atoms. The number of benzene rings is 3. The zero-order chi connectivity index (χ0) is 24.4. The minimum absolute atomic E-state index is 0.392. The Balaban J connectivity index is 1.22. The molecule has 0 aliphatic carbocycles. The fourth-order valence-corrected chi connectivity index (χ4v) is 6.25. The molecule has 0 atom stereocenters. The summed E-state index contributed by atoms with van der Waals surface area (Å²) in [6, 6.07) is 17.8. The number of aromatic nitrogens is 1. The molecule has 1 aliphatic heterocycles. The van der Waals surface area contributed by atoms with Gasteiger partial charge in [-0.25, -0.2) is 17.2 Å². The van der Waals surface area contributed by atoms with E-state index in [-0.39, 0.29) is 0 Å². The summed E-state index contributed by atoms with van der Waals surface area (Å²) in [6.45, 7) is 4.24. The van der Waals surface area contributed by atoms with Crippen LogP contribution in [0.5, 0.6) is 0 Å². The number of nitrogens with one attached hydrogen (secondary N) is 1. The molecule has 3 aromatic carbocycles. The van der Waals surface area contributed by atoms with Gasteiger partial charge in [-0.1, -0.05) is 30.3 Å². The molecule has 10 heteroatoms. The summed E-state index contributed by atoms with van der Waals surface area (Å²) in [7, 11) is -4.19. The van der Waals surface area contributed by atoms with Gasteiger partial charge in [-0.3, -0.25) is 9.62 Å². The summed E-state index contributed by atoms with van der Waals surface area (Å²) in [6.07, 6.45) is 0.629. The van der Waals surface area contributed by atoms with Crippen molar-refractivity contribution < 1.29 is 17.2 Å². The average molecular weight is 515 g/mol. The normalized spacial score (nSPS) is 15.0. The van der Waals surface area contributed by atoms with Gasteiger partial charge >= 0.3 is 0 Å². The summed E-state index contributed by atoms with van der Waals surface area (Å²) >= 11 is 1.52. The lowest BCUT2D eigenvalue weighted by molar-refractivity contribution is 0.261. The second kappa shape index (κ2) is 9.88. The van der Waals surface area contributed by atoms with Crippen molar-refractivity contribution in [1.29, 1.82) is 0 Å². The zero-order valence-electron chi connectivity index (χ0n) is 18.8. The van der Waals surface area contributed by atoms with Gasteiger partial charge in [0.15, 0.2) is 0 Å². The number of piperazine rings is 1. The van der Waals surface area contributed by atoms with Crippen LogP contribution < -0.4 is 9.62 Å². The lowest BCUT2D eigenvalue weighted by atomic mass is 10.1. The Morgan fingerprint density at radius 1 is 0.943 bits per heavy atom. The van der Waals surface area contributed by atoms with E-state index in [9.17, 15) is 17.2 Å². The second-order valence-corrected chi connectivity index (χ2v) is 10.9. The first-order chi connectivity index (χ1) is 16.9. The van der Waals surface area contributed by atoms with E-state index in [4.69, 9.17) is 0 Å². The van der Waals surface area contributed by atoms with Crippen molar-refractivity contribution in [2.24, 2.45) is 0 Å². The molecule has 6 nitrogen and oxygen atoms in total. The van der Waals surface area contributed by atoms with Gasteiger partial charge in [-0.15, -0.1) is 0 Å². The average Bonchev–Trinajstić information content (AvgIpc) is 3.28. The van der Waals surface area contributed by atoms with Crippen LogP contribution in [0.4, 0.5) is 20.3 Å². The Morgan fingerprint density at radius 2 is 1.69 bits per heavy atom. The number of hydrogen-bond donors (Lipinski definition) is 1. The van der Waals surface area contributed by atoms with Crippen molar-refractivity contribution in [3.05, 3.63) is 83.9 Å². The molecule has 182 valence electrons. The lowest BCUT2D eigenvalue weighted by Gasteiger charge is -2.35. The van der Waals surface area contributed by atoms with Crippen LogP contribution in [0.1, 0.15) is 5.56 Å². The van der Waals surface area contributed by atoms with Crippen molar-refractivity contribution in [3.63, 3.8) is 0 Å². The van der Waals surface area contributed by atoms with Crippen molar-refractivity contribution in [2.75, 3.05) is 42.3 Å². The number of sulfonamides is 1. The Morgan fingerprint density at radius 3 is 2.49 bits per heavy atom.